The smallest absolute Gasteiger partial charge is 0.122 e. The maximum absolute atomic E-state index is 9.96. The summed E-state index contributed by atoms with van der Waals surface area (Å²) in [4.78, 5) is 2.20. The van der Waals surface area contributed by atoms with Gasteiger partial charge in [0.1, 0.15) is 5.60 Å². The average Bonchev–Trinajstić information content (AvgIpc) is 2.25. The van der Waals surface area contributed by atoms with Crippen LogP contribution in [0.5, 0.6) is 0 Å². The minimum absolute atomic E-state index is 0.212. The van der Waals surface area contributed by atoms with E-state index in [2.05, 4.69) is 10.8 Å². The van der Waals surface area contributed by atoms with Gasteiger partial charge in [-0.15, -0.1) is 6.42 Å². The number of ether oxygens (including phenoxy) is 2. The van der Waals surface area contributed by atoms with E-state index in [0.29, 0.717) is 6.54 Å². The molecular weight excluding hydrogens is 230 g/mol. The Morgan fingerprint density at radius 1 is 1.44 bits per heavy atom. The van der Waals surface area contributed by atoms with Crippen LogP contribution >= 0.6 is 0 Å². The summed E-state index contributed by atoms with van der Waals surface area (Å²) in [7, 11) is 0. The lowest BCUT2D eigenvalue weighted by molar-refractivity contribution is -0.0885. The zero-order valence-electron chi connectivity index (χ0n) is 11.8. The number of rotatable bonds is 5. The van der Waals surface area contributed by atoms with Gasteiger partial charge in [-0.1, -0.05) is 5.92 Å². The van der Waals surface area contributed by atoms with Crippen LogP contribution in [0.2, 0.25) is 0 Å². The van der Waals surface area contributed by atoms with E-state index in [1.165, 1.54) is 0 Å². The van der Waals surface area contributed by atoms with Crippen molar-refractivity contribution in [2.24, 2.45) is 0 Å². The number of nitrogens with zero attached hydrogens (tertiary/aromatic N) is 1. The minimum Gasteiger partial charge on any atom is -0.389 e. The van der Waals surface area contributed by atoms with E-state index in [0.717, 1.165) is 13.1 Å². The molecule has 4 heteroatoms. The van der Waals surface area contributed by atoms with Crippen molar-refractivity contribution in [3.8, 4) is 12.3 Å². The molecule has 0 aliphatic carbocycles. The van der Waals surface area contributed by atoms with Gasteiger partial charge in [-0.3, -0.25) is 4.90 Å². The van der Waals surface area contributed by atoms with E-state index < -0.39 is 11.7 Å². The van der Waals surface area contributed by atoms with Crippen molar-refractivity contribution in [1.82, 2.24) is 4.90 Å². The molecule has 1 aliphatic heterocycles. The highest BCUT2D eigenvalue weighted by Crippen LogP contribution is 2.12. The normalized spacial score (nSPS) is 27.8. The molecule has 0 aromatic rings. The van der Waals surface area contributed by atoms with E-state index in [1.54, 1.807) is 0 Å². The Bertz CT molecular complexity index is 288. The van der Waals surface area contributed by atoms with Crippen molar-refractivity contribution in [1.29, 1.82) is 0 Å². The van der Waals surface area contributed by atoms with Gasteiger partial charge in [0.25, 0.3) is 0 Å². The summed E-state index contributed by atoms with van der Waals surface area (Å²) in [6.07, 6.45) is 5.24. The number of morpholine rings is 1. The first-order chi connectivity index (χ1) is 8.32. The molecule has 0 bridgehead atoms. The van der Waals surface area contributed by atoms with Crippen LogP contribution in [-0.4, -0.2) is 60.2 Å². The second-order valence-corrected chi connectivity index (χ2v) is 5.60. The zero-order valence-corrected chi connectivity index (χ0v) is 11.8. The van der Waals surface area contributed by atoms with Crippen LogP contribution in [0.25, 0.3) is 0 Å². The first-order valence-electron chi connectivity index (χ1n) is 6.50. The van der Waals surface area contributed by atoms with E-state index in [9.17, 15) is 5.11 Å². The molecule has 1 saturated heterocycles. The third-order valence-corrected chi connectivity index (χ3v) is 2.95. The summed E-state index contributed by atoms with van der Waals surface area (Å²) < 4.78 is 11.1. The molecule has 4 nitrogen and oxygen atoms in total. The molecule has 1 fully saturated rings. The fourth-order valence-electron chi connectivity index (χ4n) is 2.13. The highest BCUT2D eigenvalue weighted by atomic mass is 16.5. The Hall–Kier alpha value is -0.600. The minimum atomic E-state index is -0.618. The maximum atomic E-state index is 9.96. The number of β-amino-alcohol motifs (C(OH)–C–C–N with tert-alkyl or cyclic N) is 1. The van der Waals surface area contributed by atoms with Gasteiger partial charge in [0, 0.05) is 19.6 Å². The second kappa shape index (κ2) is 6.53. The SMILES string of the molecule is C#CC(C)(C)OC[C@@H](O)CN1C[C@H](C)O[C@@H](C)C1. The number of hydrogen-bond acceptors (Lipinski definition) is 4. The second-order valence-electron chi connectivity index (χ2n) is 5.60. The van der Waals surface area contributed by atoms with Crippen molar-refractivity contribution < 1.29 is 14.6 Å². The summed E-state index contributed by atoms with van der Waals surface area (Å²) in [6.45, 7) is 10.3. The van der Waals surface area contributed by atoms with Gasteiger partial charge in [0.15, 0.2) is 0 Å². The largest absolute Gasteiger partial charge is 0.389 e. The molecule has 104 valence electrons. The fourth-order valence-corrected chi connectivity index (χ4v) is 2.13. The lowest BCUT2D eigenvalue weighted by Crippen LogP contribution is -2.48. The van der Waals surface area contributed by atoms with Crippen molar-refractivity contribution in [2.45, 2.75) is 51.6 Å². The lowest BCUT2D eigenvalue weighted by atomic mass is 10.1. The number of hydrogen-bond donors (Lipinski definition) is 1. The van der Waals surface area contributed by atoms with Gasteiger partial charge >= 0.3 is 0 Å². The highest BCUT2D eigenvalue weighted by molar-refractivity contribution is 5.02. The monoisotopic (exact) mass is 255 g/mol. The van der Waals surface area contributed by atoms with Crippen molar-refractivity contribution >= 4 is 0 Å². The molecule has 0 radical (unpaired) electrons. The first-order valence-corrected chi connectivity index (χ1v) is 6.50. The lowest BCUT2D eigenvalue weighted by Gasteiger charge is -2.36. The molecule has 1 aliphatic rings. The summed E-state index contributed by atoms with van der Waals surface area (Å²) in [5.74, 6) is 2.55. The zero-order chi connectivity index (χ0) is 13.8. The van der Waals surface area contributed by atoms with Crippen molar-refractivity contribution in [2.75, 3.05) is 26.2 Å². The summed E-state index contributed by atoms with van der Waals surface area (Å²) in [5, 5.41) is 9.96. The van der Waals surface area contributed by atoms with Crippen LogP contribution in [0.15, 0.2) is 0 Å². The maximum Gasteiger partial charge on any atom is 0.122 e. The van der Waals surface area contributed by atoms with E-state index in [4.69, 9.17) is 15.9 Å². The molecular formula is C14H25NO3. The van der Waals surface area contributed by atoms with Gasteiger partial charge in [-0.25, -0.2) is 0 Å². The molecule has 3 atom stereocenters. The average molecular weight is 255 g/mol. The highest BCUT2D eigenvalue weighted by Gasteiger charge is 2.24. The molecule has 1 heterocycles. The van der Waals surface area contributed by atoms with E-state index in [-0.39, 0.29) is 18.8 Å². The number of aliphatic hydroxyl groups excluding tert-OH is 1. The van der Waals surface area contributed by atoms with Crippen LogP contribution < -0.4 is 0 Å². The fraction of sp³-hybridized carbons (Fsp3) is 0.857. The number of terminal acetylenes is 1. The van der Waals surface area contributed by atoms with Gasteiger partial charge in [-0.05, 0) is 27.7 Å². The Labute approximate surface area is 110 Å². The van der Waals surface area contributed by atoms with Gasteiger partial charge < -0.3 is 14.6 Å². The topological polar surface area (TPSA) is 41.9 Å². The Morgan fingerprint density at radius 2 is 2.00 bits per heavy atom. The Balaban J connectivity index is 2.32. The van der Waals surface area contributed by atoms with Crippen LogP contribution in [0.3, 0.4) is 0 Å². The Kier molecular flexibility index (Phi) is 5.61. The Morgan fingerprint density at radius 3 is 2.50 bits per heavy atom. The van der Waals surface area contributed by atoms with Crippen LogP contribution in [0, 0.1) is 12.3 Å². The van der Waals surface area contributed by atoms with Crippen molar-refractivity contribution in [3.63, 3.8) is 0 Å². The first kappa shape index (κ1) is 15.5. The molecule has 0 unspecified atom stereocenters. The van der Waals surface area contributed by atoms with Crippen LogP contribution in [0.4, 0.5) is 0 Å². The molecule has 0 spiro atoms. The van der Waals surface area contributed by atoms with Crippen molar-refractivity contribution in [3.05, 3.63) is 0 Å². The summed E-state index contributed by atoms with van der Waals surface area (Å²) in [6, 6.07) is 0. The predicted octanol–water partition coefficient (Wildman–Crippen LogP) is 0.885. The molecule has 0 aromatic carbocycles. The van der Waals surface area contributed by atoms with Gasteiger partial charge in [-0.2, -0.15) is 0 Å². The molecule has 1 rings (SSSR count). The van der Waals surface area contributed by atoms with E-state index in [1.807, 2.05) is 27.7 Å². The molecule has 18 heavy (non-hydrogen) atoms. The molecule has 0 saturated carbocycles. The quantitative estimate of drug-likeness (QED) is 0.741. The van der Waals surface area contributed by atoms with E-state index >= 15 is 0 Å². The standard InChI is InChI=1S/C14H25NO3/c1-6-14(4,5)17-10-13(16)9-15-7-11(2)18-12(3)8-15/h1,11-13,16H,7-10H2,2-5H3/t11-,12-,13-/m0/s1. The van der Waals surface area contributed by atoms with Gasteiger partial charge in [0.2, 0.25) is 0 Å². The summed E-state index contributed by atoms with van der Waals surface area (Å²) >= 11 is 0. The van der Waals surface area contributed by atoms with Crippen LogP contribution in [0.1, 0.15) is 27.7 Å². The molecule has 0 amide bonds. The predicted molar refractivity (Wildman–Crippen MR) is 71.3 cm³/mol. The third-order valence-electron chi connectivity index (χ3n) is 2.95. The third kappa shape index (κ3) is 5.36. The van der Waals surface area contributed by atoms with Gasteiger partial charge in [0.05, 0.1) is 24.9 Å². The number of aliphatic hydroxyl groups is 1. The van der Waals surface area contributed by atoms with Crippen LogP contribution in [-0.2, 0) is 9.47 Å². The summed E-state index contributed by atoms with van der Waals surface area (Å²) in [5.41, 5.74) is -0.618. The molecule has 0 aromatic heterocycles. The molecule has 1 N–H and O–H groups in total.